The molecular weight excluding hydrogens is 176 g/mol. The highest BCUT2D eigenvalue weighted by atomic mass is 35.5. The van der Waals surface area contributed by atoms with Gasteiger partial charge in [-0.3, -0.25) is 0 Å². The van der Waals surface area contributed by atoms with Gasteiger partial charge in [-0.05, 0) is 12.8 Å². The van der Waals surface area contributed by atoms with Gasteiger partial charge in [0.25, 0.3) is 0 Å². The van der Waals surface area contributed by atoms with Gasteiger partial charge in [0, 0.05) is 5.92 Å². The average molecular weight is 185 g/mol. The normalized spacial score (nSPS) is 16.4. The zero-order valence-corrected chi connectivity index (χ0v) is 7.17. The third-order valence-electron chi connectivity index (χ3n) is 1.89. The van der Waals surface area contributed by atoms with E-state index in [0.29, 0.717) is 5.92 Å². The summed E-state index contributed by atoms with van der Waals surface area (Å²) in [7, 11) is 0. The maximum Gasteiger partial charge on any atom is 0.157 e. The van der Waals surface area contributed by atoms with Crippen molar-refractivity contribution in [1.82, 2.24) is 9.97 Å². The smallest absolute Gasteiger partial charge is 0.157 e. The molecule has 0 amide bonds. The second-order valence-electron chi connectivity index (χ2n) is 2.95. The van der Waals surface area contributed by atoms with Gasteiger partial charge in [0.1, 0.15) is 11.5 Å². The van der Waals surface area contributed by atoms with Gasteiger partial charge in [0.2, 0.25) is 0 Å². The standard InChI is InChI=1S/C7H9ClN4/c8-5-4(9)6(10)12-7(11-5)3-1-2-3/h3H,1-2,9H2,(H2,10,11,12). The largest absolute Gasteiger partial charge is 0.393 e. The van der Waals surface area contributed by atoms with Gasteiger partial charge >= 0.3 is 0 Å². The summed E-state index contributed by atoms with van der Waals surface area (Å²) >= 11 is 5.73. The minimum Gasteiger partial charge on any atom is -0.393 e. The second kappa shape index (κ2) is 2.48. The summed E-state index contributed by atoms with van der Waals surface area (Å²) in [6, 6.07) is 0. The molecule has 64 valence electrons. The fourth-order valence-corrected chi connectivity index (χ4v) is 1.18. The van der Waals surface area contributed by atoms with Crippen LogP contribution in [0, 0.1) is 0 Å². The maximum absolute atomic E-state index is 5.73. The molecule has 4 N–H and O–H groups in total. The maximum atomic E-state index is 5.73. The monoisotopic (exact) mass is 184 g/mol. The van der Waals surface area contributed by atoms with Crippen molar-refractivity contribution in [1.29, 1.82) is 0 Å². The average Bonchev–Trinajstić information content (AvgIpc) is 2.81. The molecule has 2 rings (SSSR count). The van der Waals surface area contributed by atoms with Crippen LogP contribution in [0.3, 0.4) is 0 Å². The molecule has 0 spiro atoms. The number of nitrogens with two attached hydrogens (primary N) is 2. The molecule has 1 aromatic rings. The number of aromatic nitrogens is 2. The summed E-state index contributed by atoms with van der Waals surface area (Å²) in [6.07, 6.45) is 2.25. The second-order valence-corrected chi connectivity index (χ2v) is 3.30. The molecule has 1 saturated carbocycles. The van der Waals surface area contributed by atoms with Crippen molar-refractivity contribution in [2.24, 2.45) is 0 Å². The highest BCUT2D eigenvalue weighted by Crippen LogP contribution is 2.39. The topological polar surface area (TPSA) is 77.8 Å². The van der Waals surface area contributed by atoms with Crippen LogP contribution in [-0.4, -0.2) is 9.97 Å². The number of anilines is 2. The molecule has 0 unspecified atom stereocenters. The number of hydrogen-bond acceptors (Lipinski definition) is 4. The van der Waals surface area contributed by atoms with E-state index < -0.39 is 0 Å². The first-order valence-electron chi connectivity index (χ1n) is 3.77. The van der Waals surface area contributed by atoms with Crippen LogP contribution >= 0.6 is 11.6 Å². The Morgan fingerprint density at radius 1 is 1.25 bits per heavy atom. The van der Waals surface area contributed by atoms with E-state index in [0.717, 1.165) is 18.7 Å². The SMILES string of the molecule is Nc1nc(C2CC2)nc(Cl)c1N. The van der Waals surface area contributed by atoms with Crippen molar-refractivity contribution in [3.63, 3.8) is 0 Å². The lowest BCUT2D eigenvalue weighted by Gasteiger charge is -2.03. The third kappa shape index (κ3) is 1.18. The molecule has 0 atom stereocenters. The van der Waals surface area contributed by atoms with Crippen LogP contribution in [0.15, 0.2) is 0 Å². The van der Waals surface area contributed by atoms with E-state index in [9.17, 15) is 0 Å². The minimum atomic E-state index is 0.268. The fraction of sp³-hybridized carbons (Fsp3) is 0.429. The Hall–Kier alpha value is -1.03. The van der Waals surface area contributed by atoms with Gasteiger partial charge in [-0.1, -0.05) is 11.6 Å². The molecule has 1 aliphatic carbocycles. The van der Waals surface area contributed by atoms with E-state index in [1.54, 1.807) is 0 Å². The molecule has 1 heterocycles. The quantitative estimate of drug-likeness (QED) is 0.643. The Kier molecular flexibility index (Phi) is 1.58. The lowest BCUT2D eigenvalue weighted by atomic mass is 10.4. The van der Waals surface area contributed by atoms with E-state index in [2.05, 4.69) is 9.97 Å². The van der Waals surface area contributed by atoms with Crippen LogP contribution in [-0.2, 0) is 0 Å². The Balaban J connectivity index is 2.45. The fourth-order valence-electron chi connectivity index (χ4n) is 0.999. The van der Waals surface area contributed by atoms with Gasteiger partial charge < -0.3 is 11.5 Å². The molecule has 1 fully saturated rings. The van der Waals surface area contributed by atoms with Crippen LogP contribution in [0.5, 0.6) is 0 Å². The molecular formula is C7H9ClN4. The van der Waals surface area contributed by atoms with E-state index >= 15 is 0 Å². The first kappa shape index (κ1) is 7.61. The van der Waals surface area contributed by atoms with Crippen molar-refractivity contribution < 1.29 is 0 Å². The van der Waals surface area contributed by atoms with Crippen LogP contribution in [0.2, 0.25) is 5.15 Å². The molecule has 5 heteroatoms. The van der Waals surface area contributed by atoms with Crippen LogP contribution in [0.4, 0.5) is 11.5 Å². The van der Waals surface area contributed by atoms with Gasteiger partial charge in [0.05, 0.1) is 0 Å². The summed E-state index contributed by atoms with van der Waals surface area (Å²) in [5.41, 5.74) is 11.3. The lowest BCUT2D eigenvalue weighted by molar-refractivity contribution is 0.935. The minimum absolute atomic E-state index is 0.268. The number of halogens is 1. The number of nitrogens with zero attached hydrogens (tertiary/aromatic N) is 2. The zero-order chi connectivity index (χ0) is 8.72. The molecule has 12 heavy (non-hydrogen) atoms. The van der Waals surface area contributed by atoms with Crippen molar-refractivity contribution in [2.45, 2.75) is 18.8 Å². The Labute approximate surface area is 74.9 Å². The van der Waals surface area contributed by atoms with Gasteiger partial charge in [-0.15, -0.1) is 0 Å². The molecule has 0 aromatic carbocycles. The van der Waals surface area contributed by atoms with E-state index in [4.69, 9.17) is 23.1 Å². The molecule has 1 aliphatic rings. The molecule has 0 radical (unpaired) electrons. The van der Waals surface area contributed by atoms with Crippen molar-refractivity contribution in [3.8, 4) is 0 Å². The predicted molar refractivity (Wildman–Crippen MR) is 47.8 cm³/mol. The number of hydrogen-bond donors (Lipinski definition) is 2. The van der Waals surface area contributed by atoms with Crippen LogP contribution in [0.1, 0.15) is 24.6 Å². The predicted octanol–water partition coefficient (Wildman–Crippen LogP) is 1.17. The van der Waals surface area contributed by atoms with E-state index in [-0.39, 0.29) is 16.7 Å². The van der Waals surface area contributed by atoms with Crippen LogP contribution < -0.4 is 11.5 Å². The zero-order valence-electron chi connectivity index (χ0n) is 6.42. The summed E-state index contributed by atoms with van der Waals surface area (Å²) in [6.45, 7) is 0. The molecule has 0 saturated heterocycles. The Bertz CT molecular complexity index is 298. The van der Waals surface area contributed by atoms with Crippen molar-refractivity contribution in [2.75, 3.05) is 11.5 Å². The first-order chi connectivity index (χ1) is 5.68. The summed E-state index contributed by atoms with van der Waals surface area (Å²) in [5, 5.41) is 0.268. The van der Waals surface area contributed by atoms with Gasteiger partial charge in [0.15, 0.2) is 11.0 Å². The highest BCUT2D eigenvalue weighted by molar-refractivity contribution is 6.32. The number of rotatable bonds is 1. The summed E-state index contributed by atoms with van der Waals surface area (Å²) < 4.78 is 0. The van der Waals surface area contributed by atoms with E-state index in [1.165, 1.54) is 0 Å². The third-order valence-corrected chi connectivity index (χ3v) is 2.18. The van der Waals surface area contributed by atoms with Gasteiger partial charge in [-0.25, -0.2) is 9.97 Å². The lowest BCUT2D eigenvalue weighted by Crippen LogP contribution is -2.04. The van der Waals surface area contributed by atoms with Crippen molar-refractivity contribution >= 4 is 23.1 Å². The van der Waals surface area contributed by atoms with Crippen LogP contribution in [0.25, 0.3) is 0 Å². The van der Waals surface area contributed by atoms with Gasteiger partial charge in [-0.2, -0.15) is 0 Å². The molecule has 1 aromatic heterocycles. The Morgan fingerprint density at radius 3 is 2.42 bits per heavy atom. The first-order valence-corrected chi connectivity index (χ1v) is 4.14. The van der Waals surface area contributed by atoms with Crippen molar-refractivity contribution in [3.05, 3.63) is 11.0 Å². The number of nitrogen functional groups attached to an aromatic ring is 2. The Morgan fingerprint density at radius 2 is 1.92 bits per heavy atom. The van der Waals surface area contributed by atoms with E-state index in [1.807, 2.05) is 0 Å². The molecule has 0 aliphatic heterocycles. The molecule has 4 nitrogen and oxygen atoms in total. The highest BCUT2D eigenvalue weighted by Gasteiger charge is 2.27. The summed E-state index contributed by atoms with van der Waals surface area (Å²) in [5.74, 6) is 1.47. The molecule has 0 bridgehead atoms. The summed E-state index contributed by atoms with van der Waals surface area (Å²) in [4.78, 5) is 8.10.